The molecule has 0 aliphatic heterocycles. The Morgan fingerprint density at radius 1 is 1.17 bits per heavy atom. The Hall–Kier alpha value is -2.34. The van der Waals surface area contributed by atoms with Gasteiger partial charge in [-0.3, -0.25) is 4.79 Å². The minimum atomic E-state index is -0.479. The van der Waals surface area contributed by atoms with Gasteiger partial charge in [0, 0.05) is 10.0 Å². The van der Waals surface area contributed by atoms with Crippen LogP contribution in [0.3, 0.4) is 0 Å². The van der Waals surface area contributed by atoms with Crippen LogP contribution in [-0.2, 0) is 9.53 Å². The summed E-state index contributed by atoms with van der Waals surface area (Å²) in [6.07, 6.45) is 0. The van der Waals surface area contributed by atoms with Crippen LogP contribution in [0.1, 0.15) is 28.9 Å². The highest BCUT2D eigenvalue weighted by atomic mass is 79.9. The number of ether oxygens (including phenoxy) is 2. The Morgan fingerprint density at radius 2 is 1.92 bits per heavy atom. The SMILES string of the molecule is COC(=O)COc1cccc(C(=O)NC(C)c2cccc(Br)c2)c1. The van der Waals surface area contributed by atoms with Gasteiger partial charge in [-0.1, -0.05) is 34.1 Å². The minimum absolute atomic E-state index is 0.144. The third kappa shape index (κ3) is 5.09. The number of halogens is 1. The molecule has 1 N–H and O–H groups in total. The first-order valence-electron chi connectivity index (χ1n) is 7.35. The van der Waals surface area contributed by atoms with Crippen LogP contribution in [0.4, 0.5) is 0 Å². The highest BCUT2D eigenvalue weighted by Crippen LogP contribution is 2.19. The van der Waals surface area contributed by atoms with Crippen LogP contribution in [0.15, 0.2) is 53.0 Å². The molecule has 1 unspecified atom stereocenters. The molecule has 0 aliphatic carbocycles. The summed E-state index contributed by atoms with van der Waals surface area (Å²) in [5.41, 5.74) is 1.45. The summed E-state index contributed by atoms with van der Waals surface area (Å²) in [5, 5.41) is 2.94. The number of carbonyl (C=O) groups is 2. The molecule has 0 bridgehead atoms. The molecule has 1 amide bonds. The first-order chi connectivity index (χ1) is 11.5. The molecule has 2 aromatic rings. The van der Waals surface area contributed by atoms with Crippen molar-refractivity contribution < 1.29 is 19.1 Å². The number of benzene rings is 2. The number of methoxy groups -OCH3 is 1. The second-order valence-electron chi connectivity index (χ2n) is 5.14. The molecule has 0 heterocycles. The largest absolute Gasteiger partial charge is 0.482 e. The molecular formula is C18H18BrNO4. The first kappa shape index (κ1) is 18.0. The Bertz CT molecular complexity index is 732. The highest BCUT2D eigenvalue weighted by Gasteiger charge is 2.12. The summed E-state index contributed by atoms with van der Waals surface area (Å²) in [5.74, 6) is -0.262. The molecule has 0 saturated carbocycles. The molecule has 24 heavy (non-hydrogen) atoms. The lowest BCUT2D eigenvalue weighted by Crippen LogP contribution is -2.26. The molecule has 0 spiro atoms. The molecule has 0 radical (unpaired) electrons. The molecule has 5 nitrogen and oxygen atoms in total. The van der Waals surface area contributed by atoms with Crippen molar-refractivity contribution in [1.29, 1.82) is 0 Å². The van der Waals surface area contributed by atoms with Gasteiger partial charge in [-0.15, -0.1) is 0 Å². The van der Waals surface area contributed by atoms with E-state index in [0.29, 0.717) is 11.3 Å². The van der Waals surface area contributed by atoms with Crippen LogP contribution >= 0.6 is 15.9 Å². The van der Waals surface area contributed by atoms with E-state index in [0.717, 1.165) is 10.0 Å². The number of carbonyl (C=O) groups excluding carboxylic acids is 2. The fourth-order valence-corrected chi connectivity index (χ4v) is 2.48. The number of nitrogens with one attached hydrogen (secondary N) is 1. The van der Waals surface area contributed by atoms with Gasteiger partial charge in [0.2, 0.25) is 0 Å². The van der Waals surface area contributed by atoms with Crippen LogP contribution in [0.2, 0.25) is 0 Å². The molecule has 2 aromatic carbocycles. The Labute approximate surface area is 149 Å². The maximum absolute atomic E-state index is 12.4. The molecule has 0 aliphatic rings. The van der Waals surface area contributed by atoms with E-state index in [2.05, 4.69) is 26.0 Å². The summed E-state index contributed by atoms with van der Waals surface area (Å²) < 4.78 is 10.8. The second-order valence-corrected chi connectivity index (χ2v) is 6.06. The number of hydrogen-bond donors (Lipinski definition) is 1. The molecule has 0 aromatic heterocycles. The smallest absolute Gasteiger partial charge is 0.343 e. The topological polar surface area (TPSA) is 64.6 Å². The van der Waals surface area contributed by atoms with Gasteiger partial charge in [-0.25, -0.2) is 4.79 Å². The summed E-state index contributed by atoms with van der Waals surface area (Å²) >= 11 is 3.42. The van der Waals surface area contributed by atoms with E-state index in [1.54, 1.807) is 24.3 Å². The van der Waals surface area contributed by atoms with Gasteiger partial charge in [-0.05, 0) is 42.8 Å². The monoisotopic (exact) mass is 391 g/mol. The van der Waals surface area contributed by atoms with Crippen LogP contribution < -0.4 is 10.1 Å². The van der Waals surface area contributed by atoms with E-state index < -0.39 is 5.97 Å². The van der Waals surface area contributed by atoms with Crippen LogP contribution in [0.5, 0.6) is 5.75 Å². The van der Waals surface area contributed by atoms with Gasteiger partial charge in [0.05, 0.1) is 13.2 Å². The Balaban J connectivity index is 2.02. The molecule has 126 valence electrons. The van der Waals surface area contributed by atoms with E-state index in [4.69, 9.17) is 4.74 Å². The van der Waals surface area contributed by atoms with Crippen LogP contribution in [0, 0.1) is 0 Å². The van der Waals surface area contributed by atoms with Crippen molar-refractivity contribution in [3.05, 3.63) is 64.1 Å². The van der Waals surface area contributed by atoms with Gasteiger partial charge < -0.3 is 14.8 Å². The maximum Gasteiger partial charge on any atom is 0.343 e. The summed E-state index contributed by atoms with van der Waals surface area (Å²) in [6, 6.07) is 14.3. The zero-order valence-corrected chi connectivity index (χ0v) is 15.0. The average molecular weight is 392 g/mol. The van der Waals surface area contributed by atoms with Crippen molar-refractivity contribution in [3.8, 4) is 5.75 Å². The lowest BCUT2D eigenvalue weighted by atomic mass is 10.1. The third-order valence-corrected chi connectivity index (χ3v) is 3.87. The number of rotatable bonds is 6. The van der Waals surface area contributed by atoms with Crippen LogP contribution in [-0.4, -0.2) is 25.6 Å². The van der Waals surface area contributed by atoms with Gasteiger partial charge in [0.1, 0.15) is 5.75 Å². The molecular weight excluding hydrogens is 374 g/mol. The van der Waals surface area contributed by atoms with Crippen molar-refractivity contribution in [1.82, 2.24) is 5.32 Å². The zero-order valence-electron chi connectivity index (χ0n) is 13.4. The Kier molecular flexibility index (Phi) is 6.37. The normalized spacial score (nSPS) is 11.5. The fraction of sp³-hybridized carbons (Fsp3) is 0.222. The predicted molar refractivity (Wildman–Crippen MR) is 94.0 cm³/mol. The van der Waals surface area contributed by atoms with Gasteiger partial charge in [0.25, 0.3) is 5.91 Å². The summed E-state index contributed by atoms with van der Waals surface area (Å²) in [7, 11) is 1.29. The van der Waals surface area contributed by atoms with Gasteiger partial charge in [-0.2, -0.15) is 0 Å². The molecule has 0 saturated heterocycles. The third-order valence-electron chi connectivity index (χ3n) is 3.38. The van der Waals surface area contributed by atoms with Gasteiger partial charge in [0.15, 0.2) is 6.61 Å². The van der Waals surface area contributed by atoms with E-state index in [1.165, 1.54) is 7.11 Å². The number of hydrogen-bond acceptors (Lipinski definition) is 4. The predicted octanol–water partition coefficient (Wildman–Crippen LogP) is 3.49. The lowest BCUT2D eigenvalue weighted by Gasteiger charge is -2.15. The van der Waals surface area contributed by atoms with E-state index >= 15 is 0 Å². The fourth-order valence-electron chi connectivity index (χ4n) is 2.07. The van der Waals surface area contributed by atoms with Crippen molar-refractivity contribution in [2.45, 2.75) is 13.0 Å². The van der Waals surface area contributed by atoms with Crippen molar-refractivity contribution in [2.24, 2.45) is 0 Å². The highest BCUT2D eigenvalue weighted by molar-refractivity contribution is 9.10. The quantitative estimate of drug-likeness (QED) is 0.765. The Morgan fingerprint density at radius 3 is 2.62 bits per heavy atom. The standard InChI is InChI=1S/C18H18BrNO4/c1-12(13-5-3-7-15(19)9-13)20-18(22)14-6-4-8-16(10-14)24-11-17(21)23-2/h3-10,12H,11H2,1-2H3,(H,20,22). The molecule has 6 heteroatoms. The van der Waals surface area contributed by atoms with E-state index in [-0.39, 0.29) is 18.6 Å². The maximum atomic E-state index is 12.4. The van der Waals surface area contributed by atoms with Crippen LogP contribution in [0.25, 0.3) is 0 Å². The summed E-state index contributed by atoms with van der Waals surface area (Å²) in [4.78, 5) is 23.5. The van der Waals surface area contributed by atoms with Crippen molar-refractivity contribution in [3.63, 3.8) is 0 Å². The molecule has 1 atom stereocenters. The number of esters is 1. The van der Waals surface area contributed by atoms with Gasteiger partial charge >= 0.3 is 5.97 Å². The lowest BCUT2D eigenvalue weighted by molar-refractivity contribution is -0.142. The second kappa shape index (κ2) is 8.49. The van der Waals surface area contributed by atoms with E-state index in [9.17, 15) is 9.59 Å². The summed E-state index contributed by atoms with van der Waals surface area (Å²) in [6.45, 7) is 1.72. The minimum Gasteiger partial charge on any atom is -0.482 e. The average Bonchev–Trinajstić information content (AvgIpc) is 2.59. The van der Waals surface area contributed by atoms with Crippen molar-refractivity contribution >= 4 is 27.8 Å². The number of amides is 1. The van der Waals surface area contributed by atoms with E-state index in [1.807, 2.05) is 31.2 Å². The van der Waals surface area contributed by atoms with Crippen molar-refractivity contribution in [2.75, 3.05) is 13.7 Å². The first-order valence-corrected chi connectivity index (χ1v) is 8.15. The molecule has 2 rings (SSSR count). The zero-order chi connectivity index (χ0) is 17.5. The molecule has 0 fully saturated rings.